The zero-order chi connectivity index (χ0) is 13.9. The highest BCUT2D eigenvalue weighted by atomic mass is 32.1. The number of anilines is 1. The van der Waals surface area contributed by atoms with Crippen molar-refractivity contribution in [1.29, 1.82) is 0 Å². The first-order valence-corrected chi connectivity index (χ1v) is 7.03. The van der Waals surface area contributed by atoms with Crippen LogP contribution in [-0.4, -0.2) is 31.1 Å². The lowest BCUT2D eigenvalue weighted by Gasteiger charge is -2.26. The van der Waals surface area contributed by atoms with Gasteiger partial charge in [0.1, 0.15) is 4.51 Å². The number of rotatable bonds is 6. The molecule has 0 fully saturated rings. The Morgan fingerprint density at radius 2 is 1.78 bits per heavy atom. The molecule has 18 heavy (non-hydrogen) atoms. The van der Waals surface area contributed by atoms with Crippen molar-refractivity contribution < 1.29 is 0 Å². The van der Waals surface area contributed by atoms with E-state index in [4.69, 9.17) is 12.2 Å². The first-order valence-electron chi connectivity index (χ1n) is 6.62. The third-order valence-corrected chi connectivity index (χ3v) is 3.67. The lowest BCUT2D eigenvalue weighted by atomic mass is 9.83. The molecule has 1 rings (SSSR count). The molecule has 1 aromatic carbocycles. The minimum absolute atomic E-state index is 0.0443. The maximum Gasteiger partial charge on any atom is 0.204 e. The summed E-state index contributed by atoms with van der Waals surface area (Å²) in [6, 6.07) is 0. The maximum absolute atomic E-state index is 11.8. The minimum Gasteiger partial charge on any atom is -0.382 e. The van der Waals surface area contributed by atoms with Crippen LogP contribution < -0.4 is 10.7 Å². The molecule has 0 bridgehead atoms. The lowest BCUT2D eigenvalue weighted by Crippen LogP contribution is -2.33. The van der Waals surface area contributed by atoms with Crippen molar-refractivity contribution in [2.75, 3.05) is 31.5 Å². The van der Waals surface area contributed by atoms with Crippen molar-refractivity contribution in [3.05, 3.63) is 20.3 Å². The molecule has 0 amide bonds. The van der Waals surface area contributed by atoms with Crippen LogP contribution in [-0.2, 0) is 5.41 Å². The van der Waals surface area contributed by atoms with E-state index in [-0.39, 0.29) is 10.8 Å². The molecule has 0 aliphatic heterocycles. The van der Waals surface area contributed by atoms with Gasteiger partial charge in [0.05, 0.1) is 5.69 Å². The summed E-state index contributed by atoms with van der Waals surface area (Å²) in [6.45, 7) is 14.4. The van der Waals surface area contributed by atoms with Crippen LogP contribution in [0.25, 0.3) is 0 Å². The van der Waals surface area contributed by atoms with E-state index in [0.29, 0.717) is 4.51 Å². The summed E-state index contributed by atoms with van der Waals surface area (Å²) in [5, 5.41) is 3.33. The summed E-state index contributed by atoms with van der Waals surface area (Å²) < 4.78 is 0.472. The van der Waals surface area contributed by atoms with Crippen LogP contribution >= 0.6 is 12.2 Å². The molecule has 0 aliphatic rings. The van der Waals surface area contributed by atoms with Crippen LogP contribution in [0.15, 0.2) is 4.79 Å². The quantitative estimate of drug-likeness (QED) is 0.804. The number of likely N-dealkylation sites (N-methyl/N-ethyl adjacent to an activating group) is 1. The number of hydrogen-bond donors (Lipinski definition) is 1. The van der Waals surface area contributed by atoms with Gasteiger partial charge in [-0.05, 0) is 18.5 Å². The Balaban J connectivity index is 2.67. The fourth-order valence-corrected chi connectivity index (χ4v) is 2.43. The van der Waals surface area contributed by atoms with Gasteiger partial charge in [-0.1, -0.05) is 46.8 Å². The van der Waals surface area contributed by atoms with Gasteiger partial charge in [0.2, 0.25) is 5.43 Å². The standard InChI is InChI=1S/C14H24N2OS/c1-6-16(7-2)9-8-15-11-10(14(3,4)5)12(17)13(11)18/h15H,6-9H2,1-5H3. The summed E-state index contributed by atoms with van der Waals surface area (Å²) >= 11 is 5.13. The van der Waals surface area contributed by atoms with E-state index in [0.717, 1.165) is 37.4 Å². The topological polar surface area (TPSA) is 32.3 Å². The van der Waals surface area contributed by atoms with E-state index in [2.05, 4.69) is 24.1 Å². The van der Waals surface area contributed by atoms with Crippen LogP contribution in [0.3, 0.4) is 0 Å². The molecule has 4 heteroatoms. The summed E-state index contributed by atoms with van der Waals surface area (Å²) in [7, 11) is 0. The molecule has 0 atom stereocenters. The second-order valence-electron chi connectivity index (χ2n) is 5.61. The van der Waals surface area contributed by atoms with Crippen molar-refractivity contribution in [2.24, 2.45) is 0 Å². The molecule has 0 radical (unpaired) electrons. The fourth-order valence-electron chi connectivity index (χ4n) is 2.15. The molecular formula is C14H24N2OS. The van der Waals surface area contributed by atoms with E-state index < -0.39 is 0 Å². The van der Waals surface area contributed by atoms with E-state index in [1.807, 2.05) is 20.8 Å². The number of nitrogens with one attached hydrogen (secondary N) is 1. The monoisotopic (exact) mass is 268 g/mol. The molecule has 0 heterocycles. The van der Waals surface area contributed by atoms with Crippen molar-refractivity contribution in [3.8, 4) is 0 Å². The molecule has 3 nitrogen and oxygen atoms in total. The predicted octanol–water partition coefficient (Wildman–Crippen LogP) is 2.70. The highest BCUT2D eigenvalue weighted by Gasteiger charge is 2.27. The SMILES string of the molecule is CCN(CC)CCNc1c(C(C)(C)C)c(=O)c1=S. The third-order valence-electron chi connectivity index (χ3n) is 3.28. The van der Waals surface area contributed by atoms with Crippen LogP contribution in [0.1, 0.15) is 40.2 Å². The Labute approximate surface area is 115 Å². The molecule has 0 unspecified atom stereocenters. The lowest BCUT2D eigenvalue weighted by molar-refractivity contribution is 0.316. The molecule has 102 valence electrons. The number of nitrogens with zero attached hydrogens (tertiary/aromatic N) is 1. The summed E-state index contributed by atoms with van der Waals surface area (Å²) in [5.41, 5.74) is 1.67. The van der Waals surface area contributed by atoms with Gasteiger partial charge in [-0.2, -0.15) is 0 Å². The highest BCUT2D eigenvalue weighted by molar-refractivity contribution is 7.71. The smallest absolute Gasteiger partial charge is 0.204 e. The van der Waals surface area contributed by atoms with E-state index >= 15 is 0 Å². The van der Waals surface area contributed by atoms with Crippen LogP contribution in [0.4, 0.5) is 5.69 Å². The summed E-state index contributed by atoms with van der Waals surface area (Å²) in [5.74, 6) is 0. The van der Waals surface area contributed by atoms with Crippen LogP contribution in [0.5, 0.6) is 0 Å². The zero-order valence-corrected chi connectivity index (χ0v) is 12.9. The molecule has 0 saturated heterocycles. The third kappa shape index (κ3) is 3.18. The van der Waals surface area contributed by atoms with Crippen molar-refractivity contribution >= 4 is 17.9 Å². The van der Waals surface area contributed by atoms with E-state index in [1.54, 1.807) is 0 Å². The second kappa shape index (κ2) is 5.93. The zero-order valence-electron chi connectivity index (χ0n) is 12.1. The average Bonchev–Trinajstić information content (AvgIpc) is 2.30. The van der Waals surface area contributed by atoms with E-state index in [9.17, 15) is 4.79 Å². The Hall–Kier alpha value is -0.740. The first-order chi connectivity index (χ1) is 8.32. The molecule has 1 N–H and O–H groups in total. The molecule has 0 aromatic heterocycles. The Morgan fingerprint density at radius 3 is 2.22 bits per heavy atom. The van der Waals surface area contributed by atoms with Crippen LogP contribution in [0.2, 0.25) is 0 Å². The Kier molecular flexibility index (Phi) is 5.05. The van der Waals surface area contributed by atoms with Gasteiger partial charge >= 0.3 is 0 Å². The number of hydrogen-bond acceptors (Lipinski definition) is 4. The van der Waals surface area contributed by atoms with E-state index in [1.165, 1.54) is 0 Å². The van der Waals surface area contributed by atoms with Gasteiger partial charge in [0.15, 0.2) is 0 Å². The summed E-state index contributed by atoms with van der Waals surface area (Å²) in [6.07, 6.45) is 0. The largest absolute Gasteiger partial charge is 0.382 e. The Bertz CT molecular complexity index is 463. The van der Waals surface area contributed by atoms with Gasteiger partial charge < -0.3 is 10.2 Å². The molecular weight excluding hydrogens is 244 g/mol. The van der Waals surface area contributed by atoms with Crippen molar-refractivity contribution in [3.63, 3.8) is 0 Å². The highest BCUT2D eigenvalue weighted by Crippen LogP contribution is 2.29. The second-order valence-corrected chi connectivity index (χ2v) is 6.02. The molecule has 0 spiro atoms. The predicted molar refractivity (Wildman–Crippen MR) is 80.9 cm³/mol. The van der Waals surface area contributed by atoms with Gasteiger partial charge in [0, 0.05) is 18.7 Å². The minimum atomic E-state index is -0.128. The van der Waals surface area contributed by atoms with Gasteiger partial charge in [0.25, 0.3) is 0 Å². The Morgan fingerprint density at radius 1 is 1.22 bits per heavy atom. The van der Waals surface area contributed by atoms with Gasteiger partial charge in [-0.3, -0.25) is 4.79 Å². The van der Waals surface area contributed by atoms with Gasteiger partial charge in [-0.25, -0.2) is 0 Å². The van der Waals surface area contributed by atoms with Crippen molar-refractivity contribution in [1.82, 2.24) is 4.90 Å². The molecule has 0 aliphatic carbocycles. The maximum atomic E-state index is 11.8. The summed E-state index contributed by atoms with van der Waals surface area (Å²) in [4.78, 5) is 14.1. The normalized spacial score (nSPS) is 12.3. The van der Waals surface area contributed by atoms with Crippen molar-refractivity contribution in [2.45, 2.75) is 40.0 Å². The van der Waals surface area contributed by atoms with Gasteiger partial charge in [-0.15, -0.1) is 0 Å². The first kappa shape index (κ1) is 15.3. The average molecular weight is 268 g/mol. The fraction of sp³-hybridized carbons (Fsp3) is 0.714. The molecule has 1 aromatic rings. The molecule has 0 saturated carbocycles. The van der Waals surface area contributed by atoms with Crippen LogP contribution in [0, 0.1) is 4.51 Å².